The molecule has 0 aliphatic carbocycles. The minimum absolute atomic E-state index is 0.119. The Morgan fingerprint density at radius 3 is 2.69 bits per heavy atom. The van der Waals surface area contributed by atoms with Crippen LogP contribution in [0.1, 0.15) is 6.23 Å². The molecule has 0 saturated carbocycles. The Bertz CT molecular complexity index is 1210. The molecule has 0 radical (unpaired) electrons. The summed E-state index contributed by atoms with van der Waals surface area (Å²) >= 11 is 6.13. The minimum atomic E-state index is -5.21. The molecule has 15 nitrogen and oxygen atoms in total. The van der Waals surface area contributed by atoms with E-state index in [9.17, 15) is 29.4 Å². The van der Waals surface area contributed by atoms with Gasteiger partial charge in [-0.3, -0.25) is 9.13 Å². The third kappa shape index (κ3) is 4.73. The Labute approximate surface area is 202 Å². The zero-order chi connectivity index (χ0) is 25.5. The van der Waals surface area contributed by atoms with Gasteiger partial charge in [0.25, 0.3) is 5.85 Å². The predicted octanol–water partition coefficient (Wildman–Crippen LogP) is -1.46. The summed E-state index contributed by atoms with van der Waals surface area (Å²) < 4.78 is 28.5. The van der Waals surface area contributed by atoms with Crippen molar-refractivity contribution < 1.29 is 48.7 Å². The second-order valence-corrected chi connectivity index (χ2v) is 9.77. The van der Waals surface area contributed by atoms with E-state index in [-0.39, 0.29) is 10.9 Å². The van der Waals surface area contributed by atoms with Crippen molar-refractivity contribution in [2.45, 2.75) is 29.9 Å². The summed E-state index contributed by atoms with van der Waals surface area (Å²) in [5.41, 5.74) is -1.94. The van der Waals surface area contributed by atoms with Crippen molar-refractivity contribution in [3.63, 3.8) is 0 Å². The number of imidazole rings is 1. The van der Waals surface area contributed by atoms with Crippen LogP contribution < -0.4 is 4.90 Å². The molecule has 2 saturated heterocycles. The molecular formula is C18H21ClN5O10P. The Kier molecular flexibility index (Phi) is 7.04. The highest BCUT2D eigenvalue weighted by Crippen LogP contribution is 2.44. The standard InChI is InChI=1S/C18H21ClN5O10P/c1-2-18(28)9(7-33-16(15(26)27)35(29,30)31)34-14(11(18)25)24-8-20-10-12(21-17(19)22-13(10)24)23-3-5-32-6-4-23/h1,8-9,11,14,16,25,28H,3-7H2,(H,26,27)(H2,29,30,31)/t9-,11+,14-,16?,18-/m1/s1. The molecular weight excluding hydrogens is 513 g/mol. The van der Waals surface area contributed by atoms with E-state index >= 15 is 0 Å². The van der Waals surface area contributed by atoms with Gasteiger partial charge in [-0.2, -0.15) is 9.97 Å². The van der Waals surface area contributed by atoms with Crippen molar-refractivity contribution in [2.75, 3.05) is 37.8 Å². The summed E-state index contributed by atoms with van der Waals surface area (Å²) in [6.07, 6.45) is 1.93. The van der Waals surface area contributed by atoms with E-state index in [4.69, 9.17) is 37.3 Å². The van der Waals surface area contributed by atoms with Crippen molar-refractivity contribution in [1.29, 1.82) is 0 Å². The lowest BCUT2D eigenvalue weighted by molar-refractivity contribution is -0.150. The molecule has 190 valence electrons. The van der Waals surface area contributed by atoms with Crippen LogP contribution in [0.15, 0.2) is 6.33 Å². The first-order chi connectivity index (χ1) is 16.5. The smallest absolute Gasteiger partial charge is 0.365 e. The number of carboxylic acid groups (broad SMARTS) is 1. The van der Waals surface area contributed by atoms with Crippen LogP contribution in [0.2, 0.25) is 5.28 Å². The van der Waals surface area contributed by atoms with Crippen molar-refractivity contribution in [1.82, 2.24) is 19.5 Å². The summed E-state index contributed by atoms with van der Waals surface area (Å²) in [6.45, 7) is 1.13. The lowest BCUT2D eigenvalue weighted by Crippen LogP contribution is -2.48. The summed E-state index contributed by atoms with van der Waals surface area (Å²) in [6, 6.07) is 0. The molecule has 4 heterocycles. The van der Waals surface area contributed by atoms with E-state index in [1.165, 1.54) is 10.9 Å². The number of terminal acetylenes is 1. The number of aromatic nitrogens is 4. The van der Waals surface area contributed by atoms with Crippen LogP contribution in [0.5, 0.6) is 0 Å². The molecule has 5 atom stereocenters. The summed E-state index contributed by atoms with van der Waals surface area (Å²) in [5.74, 6) is -2.04. The lowest BCUT2D eigenvalue weighted by atomic mass is 9.93. The summed E-state index contributed by atoms with van der Waals surface area (Å²) in [5, 5.41) is 30.6. The molecule has 0 aromatic carbocycles. The Morgan fingerprint density at radius 1 is 1.40 bits per heavy atom. The molecule has 5 N–H and O–H groups in total. The second-order valence-electron chi connectivity index (χ2n) is 7.78. The number of hydrogen-bond acceptors (Lipinski definition) is 11. The van der Waals surface area contributed by atoms with Crippen LogP contribution in [0, 0.1) is 12.3 Å². The number of ether oxygens (including phenoxy) is 3. The number of rotatable bonds is 7. The number of nitrogens with zero attached hydrogens (tertiary/aromatic N) is 5. The zero-order valence-electron chi connectivity index (χ0n) is 17.8. The first-order valence-corrected chi connectivity index (χ1v) is 12.2. The number of anilines is 1. The van der Waals surface area contributed by atoms with Crippen LogP contribution in [0.3, 0.4) is 0 Å². The van der Waals surface area contributed by atoms with Crippen LogP contribution >= 0.6 is 19.2 Å². The molecule has 2 aromatic rings. The van der Waals surface area contributed by atoms with Gasteiger partial charge < -0.3 is 44.2 Å². The van der Waals surface area contributed by atoms with Gasteiger partial charge in [-0.1, -0.05) is 5.92 Å². The Morgan fingerprint density at radius 2 is 2.09 bits per heavy atom. The molecule has 4 rings (SSSR count). The lowest BCUT2D eigenvalue weighted by Gasteiger charge is -2.28. The van der Waals surface area contributed by atoms with E-state index < -0.39 is 50.1 Å². The maximum Gasteiger partial charge on any atom is 0.365 e. The fourth-order valence-electron chi connectivity index (χ4n) is 3.87. The Balaban J connectivity index is 1.66. The first-order valence-electron chi connectivity index (χ1n) is 10.1. The third-order valence-corrected chi connectivity index (χ3v) is 6.78. The predicted molar refractivity (Wildman–Crippen MR) is 116 cm³/mol. The van der Waals surface area contributed by atoms with Crippen molar-refractivity contribution in [2.24, 2.45) is 0 Å². The van der Waals surface area contributed by atoms with Crippen LogP contribution in [-0.4, -0.2) is 107 Å². The van der Waals surface area contributed by atoms with Crippen LogP contribution in [0.4, 0.5) is 5.82 Å². The number of fused-ring (bicyclic) bond motifs is 1. The topological polar surface area (TPSA) is 210 Å². The van der Waals surface area contributed by atoms with Crippen LogP contribution in [0.25, 0.3) is 11.2 Å². The van der Waals surface area contributed by atoms with Gasteiger partial charge in [0, 0.05) is 13.1 Å². The molecule has 0 amide bonds. The van der Waals surface area contributed by atoms with Gasteiger partial charge in [-0.15, -0.1) is 6.42 Å². The van der Waals surface area contributed by atoms with Gasteiger partial charge in [-0.25, -0.2) is 9.78 Å². The molecule has 2 aliphatic heterocycles. The fraction of sp³-hybridized carbons (Fsp3) is 0.556. The van der Waals surface area contributed by atoms with Gasteiger partial charge in [0.1, 0.15) is 12.2 Å². The molecule has 2 fully saturated rings. The maximum absolute atomic E-state index is 11.4. The van der Waals surface area contributed by atoms with E-state index in [1.807, 2.05) is 10.8 Å². The van der Waals surface area contributed by atoms with Gasteiger partial charge >= 0.3 is 13.6 Å². The second kappa shape index (κ2) is 9.58. The fourth-order valence-corrected chi connectivity index (χ4v) is 4.59. The van der Waals surface area contributed by atoms with Crippen LogP contribution in [-0.2, 0) is 23.6 Å². The van der Waals surface area contributed by atoms with Gasteiger partial charge in [0.05, 0.1) is 26.1 Å². The van der Waals surface area contributed by atoms with Crippen molar-refractivity contribution in [3.05, 3.63) is 11.6 Å². The number of morpholine rings is 1. The third-order valence-electron chi connectivity index (χ3n) is 5.63. The average Bonchev–Trinajstić information content (AvgIpc) is 3.32. The quantitative estimate of drug-likeness (QED) is 0.156. The zero-order valence-corrected chi connectivity index (χ0v) is 19.5. The van der Waals surface area contributed by atoms with E-state index in [0.717, 1.165) is 0 Å². The summed E-state index contributed by atoms with van der Waals surface area (Å²) in [7, 11) is -5.21. The normalized spacial score (nSPS) is 28.2. The van der Waals surface area contributed by atoms with Gasteiger partial charge in [0.15, 0.2) is 28.8 Å². The van der Waals surface area contributed by atoms with Gasteiger partial charge in [-0.05, 0) is 11.6 Å². The van der Waals surface area contributed by atoms with E-state index in [2.05, 4.69) is 15.0 Å². The highest BCUT2D eigenvalue weighted by molar-refractivity contribution is 7.53. The van der Waals surface area contributed by atoms with Gasteiger partial charge in [0.2, 0.25) is 5.28 Å². The average molecular weight is 534 g/mol. The SMILES string of the molecule is C#C[C@@]1(O)[C@@H](COC(C(=O)O)P(=O)(O)O)O[C@@H](n2cnc3c(N4CCOCC4)nc(Cl)nc32)[C@@H]1O. The molecule has 35 heavy (non-hydrogen) atoms. The van der Waals surface area contributed by atoms with E-state index in [1.54, 1.807) is 0 Å². The number of aliphatic hydroxyl groups excluding tert-OH is 1. The number of carboxylic acids is 1. The largest absolute Gasteiger partial charge is 0.479 e. The molecule has 17 heteroatoms. The molecule has 1 unspecified atom stereocenters. The minimum Gasteiger partial charge on any atom is -0.479 e. The Hall–Kier alpha value is -2.38. The number of carbonyl (C=O) groups is 1. The molecule has 0 bridgehead atoms. The van der Waals surface area contributed by atoms with Crippen molar-refractivity contribution in [3.8, 4) is 12.3 Å². The number of hydrogen-bond donors (Lipinski definition) is 5. The highest BCUT2D eigenvalue weighted by atomic mass is 35.5. The highest BCUT2D eigenvalue weighted by Gasteiger charge is 2.56. The maximum atomic E-state index is 11.4. The number of aliphatic carboxylic acids is 1. The first kappa shape index (κ1) is 25.7. The number of halogens is 1. The van der Waals surface area contributed by atoms with Crippen molar-refractivity contribution >= 4 is 42.1 Å². The molecule has 2 aromatic heterocycles. The molecule has 0 spiro atoms. The molecule has 2 aliphatic rings. The van der Waals surface area contributed by atoms with E-state index in [0.29, 0.717) is 37.6 Å². The number of aliphatic hydroxyl groups is 2. The summed E-state index contributed by atoms with van der Waals surface area (Å²) in [4.78, 5) is 44.2. The monoisotopic (exact) mass is 533 g/mol.